The molecule has 6 N–H and O–H groups in total. The molecule has 1 saturated heterocycles. The summed E-state index contributed by atoms with van der Waals surface area (Å²) in [5.41, 5.74) is 3.44. The molecule has 2 fully saturated rings. The van der Waals surface area contributed by atoms with Gasteiger partial charge in [0, 0.05) is 30.3 Å². The zero-order chi connectivity index (χ0) is 24.7. The van der Waals surface area contributed by atoms with Crippen LogP contribution in [0.5, 0.6) is 5.75 Å². The first-order chi connectivity index (χ1) is 16.0. The third kappa shape index (κ3) is 2.72. The molecule has 1 aromatic rings. The summed E-state index contributed by atoms with van der Waals surface area (Å²) >= 11 is 0. The second-order valence-corrected chi connectivity index (χ2v) is 9.76. The van der Waals surface area contributed by atoms with Gasteiger partial charge in [-0.2, -0.15) is 0 Å². The van der Waals surface area contributed by atoms with Crippen LogP contribution in [0.1, 0.15) is 24.0 Å². The van der Waals surface area contributed by atoms with E-state index in [-0.39, 0.29) is 23.3 Å². The number of nitrogens with zero attached hydrogens (tertiary/aromatic N) is 2. The Kier molecular flexibility index (Phi) is 4.82. The van der Waals surface area contributed by atoms with E-state index in [1.807, 2.05) is 0 Å². The number of carbonyl (C=O) groups is 3. The fraction of sp³-hybridized carbons (Fsp3) is 0.458. The fourth-order valence-corrected chi connectivity index (χ4v) is 6.08. The number of anilines is 1. The standard InChI is InChI=1S/C24H27N3O7/c1-26(2)18-12-9-10-8-11-13(27-6-3-7-27)4-5-14(28)16(11)19(29)15(10)21(31)24(12,34)22(32)17(20(18)30)23(25)33/h4-5,10,12,18,28-29,32,34H,3,6-9H2,1-2H3,(H2,25,33)/t10-,12-,18-,24-/m0/s1. The molecule has 1 amide bonds. The Hall–Kier alpha value is -3.37. The van der Waals surface area contributed by atoms with Gasteiger partial charge in [-0.1, -0.05) is 0 Å². The van der Waals surface area contributed by atoms with Gasteiger partial charge in [0.2, 0.25) is 5.78 Å². The smallest absolute Gasteiger partial charge is 0.255 e. The van der Waals surface area contributed by atoms with E-state index in [9.17, 15) is 34.8 Å². The monoisotopic (exact) mass is 469 g/mol. The number of rotatable bonds is 3. The van der Waals surface area contributed by atoms with Gasteiger partial charge in [-0.05, 0) is 57.0 Å². The van der Waals surface area contributed by atoms with Crippen LogP contribution in [0.2, 0.25) is 0 Å². The highest BCUT2D eigenvalue weighted by Crippen LogP contribution is 2.53. The van der Waals surface area contributed by atoms with Crippen molar-refractivity contribution in [3.63, 3.8) is 0 Å². The number of ketones is 2. The Labute approximate surface area is 195 Å². The summed E-state index contributed by atoms with van der Waals surface area (Å²) in [7, 11) is 3.15. The van der Waals surface area contributed by atoms with Crippen molar-refractivity contribution >= 4 is 28.9 Å². The van der Waals surface area contributed by atoms with Crippen LogP contribution in [-0.4, -0.2) is 81.6 Å². The van der Waals surface area contributed by atoms with Crippen molar-refractivity contribution < 1.29 is 34.8 Å². The third-order valence-electron chi connectivity index (χ3n) is 7.78. The highest BCUT2D eigenvalue weighted by molar-refractivity contribution is 6.24. The lowest BCUT2D eigenvalue weighted by Gasteiger charge is -2.50. The molecule has 4 aliphatic rings. The highest BCUT2D eigenvalue weighted by Gasteiger charge is 2.64. The average Bonchev–Trinajstić information content (AvgIpc) is 2.70. The molecule has 34 heavy (non-hydrogen) atoms. The second kappa shape index (κ2) is 7.31. The molecule has 0 unspecified atom stereocenters. The number of nitrogens with two attached hydrogens (primary N) is 1. The molecule has 1 saturated carbocycles. The summed E-state index contributed by atoms with van der Waals surface area (Å²) in [5, 5.41) is 44.2. The van der Waals surface area contributed by atoms with Crippen LogP contribution in [0.15, 0.2) is 29.0 Å². The minimum absolute atomic E-state index is 0.0842. The molecular formula is C24H27N3O7. The van der Waals surface area contributed by atoms with Crippen molar-refractivity contribution in [1.82, 2.24) is 4.90 Å². The van der Waals surface area contributed by atoms with Gasteiger partial charge < -0.3 is 31.1 Å². The summed E-state index contributed by atoms with van der Waals surface area (Å²) in [6.45, 7) is 1.68. The Balaban J connectivity index is 1.72. The zero-order valence-corrected chi connectivity index (χ0v) is 18.9. The maximum Gasteiger partial charge on any atom is 0.255 e. The topological polar surface area (TPSA) is 165 Å². The number of hydrogen-bond donors (Lipinski definition) is 5. The molecule has 10 heteroatoms. The van der Waals surface area contributed by atoms with E-state index in [0.717, 1.165) is 25.2 Å². The molecule has 0 spiro atoms. The Morgan fingerprint density at radius 2 is 1.85 bits per heavy atom. The number of aliphatic hydroxyl groups is 3. The van der Waals surface area contributed by atoms with Gasteiger partial charge in [-0.15, -0.1) is 0 Å². The number of hydrogen-bond acceptors (Lipinski definition) is 9. The number of benzene rings is 1. The first-order valence-corrected chi connectivity index (χ1v) is 11.2. The van der Waals surface area contributed by atoms with Gasteiger partial charge >= 0.3 is 0 Å². The predicted octanol–water partition coefficient (Wildman–Crippen LogP) is 0.174. The van der Waals surface area contributed by atoms with Crippen LogP contribution in [0, 0.1) is 11.8 Å². The molecule has 0 aromatic heterocycles. The number of phenolic OH excluding ortho intramolecular Hbond substituents is 1. The van der Waals surface area contributed by atoms with Crippen LogP contribution < -0.4 is 10.6 Å². The summed E-state index contributed by atoms with van der Waals surface area (Å²) in [6, 6.07) is 2.15. The SMILES string of the molecule is CN(C)[C@@H]1C(=O)C(C(N)=O)=C(O)[C@@]2(O)C(=O)C3=C(O)c4c(O)ccc(N5CCC5)c4C[C@H]3C[C@@H]12. The molecular weight excluding hydrogens is 442 g/mol. The molecule has 1 heterocycles. The maximum absolute atomic E-state index is 13.8. The first-order valence-electron chi connectivity index (χ1n) is 11.2. The van der Waals surface area contributed by atoms with Crippen molar-refractivity contribution in [1.29, 1.82) is 0 Å². The minimum atomic E-state index is -2.62. The number of fused-ring (bicyclic) bond motifs is 3. The van der Waals surface area contributed by atoms with E-state index in [0.29, 0.717) is 12.0 Å². The van der Waals surface area contributed by atoms with Gasteiger partial charge in [0.25, 0.3) is 5.91 Å². The number of carbonyl (C=O) groups excluding carboxylic acids is 3. The molecule has 1 aromatic carbocycles. The lowest BCUT2D eigenvalue weighted by Crippen LogP contribution is -2.65. The van der Waals surface area contributed by atoms with Crippen LogP contribution in [0.3, 0.4) is 0 Å². The van der Waals surface area contributed by atoms with E-state index in [2.05, 4.69) is 4.90 Å². The summed E-state index contributed by atoms with van der Waals surface area (Å²) < 4.78 is 0. The van der Waals surface area contributed by atoms with Crippen molar-refractivity contribution in [2.45, 2.75) is 30.9 Å². The van der Waals surface area contributed by atoms with Crippen LogP contribution >= 0.6 is 0 Å². The van der Waals surface area contributed by atoms with Gasteiger partial charge in [-0.25, -0.2) is 0 Å². The molecule has 5 rings (SSSR count). The van der Waals surface area contributed by atoms with Crippen LogP contribution in [0.25, 0.3) is 5.76 Å². The average molecular weight is 469 g/mol. The second-order valence-electron chi connectivity index (χ2n) is 9.76. The molecule has 180 valence electrons. The highest BCUT2D eigenvalue weighted by atomic mass is 16.3. The maximum atomic E-state index is 13.8. The van der Waals surface area contributed by atoms with Gasteiger partial charge in [-0.3, -0.25) is 19.3 Å². The van der Waals surface area contributed by atoms with E-state index in [1.54, 1.807) is 20.2 Å². The number of aliphatic hydroxyl groups excluding tert-OH is 2. The number of likely N-dealkylation sites (N-methyl/N-ethyl adjacent to an activating group) is 1. The van der Waals surface area contributed by atoms with Crippen molar-refractivity contribution in [3.8, 4) is 5.75 Å². The Bertz CT molecular complexity index is 1210. The Morgan fingerprint density at radius 1 is 1.18 bits per heavy atom. The lowest BCUT2D eigenvalue weighted by atomic mass is 9.57. The van der Waals surface area contributed by atoms with Gasteiger partial charge in [0.05, 0.1) is 11.6 Å². The van der Waals surface area contributed by atoms with Gasteiger partial charge in [0.15, 0.2) is 11.4 Å². The largest absolute Gasteiger partial charge is 0.508 e. The predicted molar refractivity (Wildman–Crippen MR) is 121 cm³/mol. The third-order valence-corrected chi connectivity index (χ3v) is 7.78. The number of aromatic hydroxyl groups is 1. The molecule has 0 bridgehead atoms. The van der Waals surface area contributed by atoms with Crippen molar-refractivity contribution in [3.05, 3.63) is 40.2 Å². The molecule has 3 aliphatic carbocycles. The molecule has 10 nitrogen and oxygen atoms in total. The van der Waals surface area contributed by atoms with Crippen LogP contribution in [0.4, 0.5) is 5.69 Å². The minimum Gasteiger partial charge on any atom is -0.508 e. The van der Waals surface area contributed by atoms with E-state index >= 15 is 0 Å². The quantitative estimate of drug-likeness (QED) is 0.388. The number of phenols is 1. The zero-order valence-electron chi connectivity index (χ0n) is 18.9. The van der Waals surface area contributed by atoms with E-state index in [4.69, 9.17) is 5.73 Å². The number of amides is 1. The number of primary amides is 1. The fourth-order valence-electron chi connectivity index (χ4n) is 6.08. The van der Waals surface area contributed by atoms with Crippen molar-refractivity contribution in [2.24, 2.45) is 17.6 Å². The summed E-state index contributed by atoms with van der Waals surface area (Å²) in [6.07, 6.45) is 1.41. The van der Waals surface area contributed by atoms with Crippen LogP contribution in [-0.2, 0) is 20.8 Å². The first kappa shape index (κ1) is 22.4. The number of Topliss-reactive ketones (excluding diaryl/α,β-unsaturated/α-hetero) is 2. The molecule has 1 aliphatic heterocycles. The Morgan fingerprint density at radius 3 is 2.41 bits per heavy atom. The van der Waals surface area contributed by atoms with E-state index in [1.165, 1.54) is 11.0 Å². The van der Waals surface area contributed by atoms with Gasteiger partial charge in [0.1, 0.15) is 22.8 Å². The molecule has 4 atom stereocenters. The van der Waals surface area contributed by atoms with Crippen molar-refractivity contribution in [2.75, 3.05) is 32.1 Å². The van der Waals surface area contributed by atoms with E-state index < -0.39 is 58.0 Å². The summed E-state index contributed by atoms with van der Waals surface area (Å²) in [4.78, 5) is 42.5. The normalized spacial score (nSPS) is 30.7. The molecule has 0 radical (unpaired) electrons. The summed E-state index contributed by atoms with van der Waals surface area (Å²) in [5.74, 6) is -6.39. The lowest BCUT2D eigenvalue weighted by molar-refractivity contribution is -0.153.